The van der Waals surface area contributed by atoms with Crippen LogP contribution in [0.3, 0.4) is 0 Å². The zero-order valence-electron chi connectivity index (χ0n) is 45.8. The molecule has 4 aliphatic heterocycles. The van der Waals surface area contributed by atoms with Gasteiger partial charge in [0.1, 0.15) is 0 Å². The molecule has 6 aromatic heterocycles. The second-order valence-corrected chi connectivity index (χ2v) is 21.6. The van der Waals surface area contributed by atoms with E-state index in [9.17, 15) is 0 Å². The van der Waals surface area contributed by atoms with Crippen molar-refractivity contribution in [3.63, 3.8) is 0 Å². The number of methoxy groups -OCH3 is 4. The summed E-state index contributed by atoms with van der Waals surface area (Å²) in [6.07, 6.45) is 18.5. The van der Waals surface area contributed by atoms with E-state index in [1.54, 1.807) is 28.4 Å². The first kappa shape index (κ1) is 56.1. The molecule has 0 N–H and O–H groups in total. The van der Waals surface area contributed by atoms with Gasteiger partial charge in [0.25, 0.3) is 0 Å². The van der Waals surface area contributed by atoms with Gasteiger partial charge in [-0.25, -0.2) is 19.9 Å². The van der Waals surface area contributed by atoms with E-state index in [0.29, 0.717) is 59.2 Å². The monoisotopic (exact) mass is 1110 g/mol. The van der Waals surface area contributed by atoms with E-state index >= 15 is 0 Å². The Bertz CT molecular complexity index is 3500. The van der Waals surface area contributed by atoms with Crippen molar-refractivity contribution in [1.82, 2.24) is 39.9 Å². The molecule has 0 saturated heterocycles. The first-order chi connectivity index (χ1) is 35.3. The number of hydrogen-bond acceptors (Lipinski definition) is 8. The summed E-state index contributed by atoms with van der Waals surface area (Å²) in [4.78, 5) is 42.0. The number of nitrogens with zero attached hydrogens (tertiary/aromatic N) is 8. The van der Waals surface area contributed by atoms with E-state index in [1.165, 1.54) is 0 Å². The van der Waals surface area contributed by atoms with Crippen molar-refractivity contribution in [2.24, 2.45) is 0 Å². The van der Waals surface area contributed by atoms with Crippen LogP contribution in [0.4, 0.5) is 0 Å². The second-order valence-electron chi connectivity index (χ2n) is 21.6. The second kappa shape index (κ2) is 22.1. The van der Waals surface area contributed by atoms with Crippen LogP contribution in [0, 0.1) is 11.8 Å². The SMILES string of the molecule is COC(C)(C)Cc1c2nc(c(C#Cc3c4nc(c(CC(C)(C)OC)c5ccc(cc6nc(c(CC(C)(C)OC)c7ccc3[n-]7)C=C6)[n-]5)C=C4)c3ccc([n-]3)c(CC(C)(C)OC)c3nc(cc4ccc1[n-]4)C=C3)C=C2.[Zn+2].[Zn+2]. The van der Waals surface area contributed by atoms with Crippen LogP contribution in [0.5, 0.6) is 0 Å². The summed E-state index contributed by atoms with van der Waals surface area (Å²) in [5, 5.41) is 0. The smallest absolute Gasteiger partial charge is 0.657 e. The van der Waals surface area contributed by atoms with Crippen molar-refractivity contribution in [2.75, 3.05) is 28.4 Å². The minimum absolute atomic E-state index is 0. The third kappa shape index (κ3) is 12.0. The molecular weight excluding hydrogens is 1050 g/mol. The molecule has 0 aromatic carbocycles. The largest absolute Gasteiger partial charge is 2.00 e. The number of hydrogen-bond donors (Lipinski definition) is 0. The van der Waals surface area contributed by atoms with E-state index in [1.807, 2.05) is 109 Å². The quantitative estimate of drug-likeness (QED) is 0.0848. The van der Waals surface area contributed by atoms with Crippen LogP contribution >= 0.6 is 0 Å². The Kier molecular flexibility index (Phi) is 16.3. The van der Waals surface area contributed by atoms with E-state index in [0.717, 1.165) is 89.5 Å². The van der Waals surface area contributed by atoms with Gasteiger partial charge in [0.15, 0.2) is 0 Å². The average Bonchev–Trinajstić information content (AvgIpc) is 4.22. The Balaban J connectivity index is 0.00000383. The van der Waals surface area contributed by atoms with Crippen LogP contribution in [-0.4, -0.2) is 70.8 Å². The molecule has 76 heavy (non-hydrogen) atoms. The van der Waals surface area contributed by atoms with Gasteiger partial charge in [-0.15, -0.1) is 44.1 Å². The van der Waals surface area contributed by atoms with Crippen LogP contribution in [0.1, 0.15) is 134 Å². The predicted molar refractivity (Wildman–Crippen MR) is 299 cm³/mol. The van der Waals surface area contributed by atoms with Crippen molar-refractivity contribution in [3.8, 4) is 11.8 Å². The Morgan fingerprint density at radius 2 is 0.632 bits per heavy atom. The van der Waals surface area contributed by atoms with Gasteiger partial charge in [0, 0.05) is 65.2 Å². The van der Waals surface area contributed by atoms with Gasteiger partial charge in [-0.05, 0) is 126 Å². The molecule has 12 nitrogen and oxygen atoms in total. The molecular formula is C62H62N8O4Zn2. The van der Waals surface area contributed by atoms with E-state index < -0.39 is 22.4 Å². The summed E-state index contributed by atoms with van der Waals surface area (Å²) < 4.78 is 24.0. The molecule has 0 fully saturated rings. The maximum Gasteiger partial charge on any atom is 2.00 e. The molecule has 0 saturated carbocycles. The summed E-state index contributed by atoms with van der Waals surface area (Å²) in [6, 6.07) is 20.3. The number of aromatic nitrogens is 8. The van der Waals surface area contributed by atoms with E-state index in [2.05, 4.69) is 67.2 Å². The minimum atomic E-state index is -0.511. The van der Waals surface area contributed by atoms with Crippen molar-refractivity contribution < 1.29 is 57.9 Å². The zero-order valence-corrected chi connectivity index (χ0v) is 51.8. The normalized spacial score (nSPS) is 13.2. The fourth-order valence-electron chi connectivity index (χ4n) is 9.37. The molecule has 0 unspecified atom stereocenters. The molecule has 10 rings (SSSR count). The van der Waals surface area contributed by atoms with Crippen LogP contribution in [0.15, 0.2) is 60.7 Å². The maximum absolute atomic E-state index is 6.00. The summed E-state index contributed by atoms with van der Waals surface area (Å²) >= 11 is 0. The van der Waals surface area contributed by atoms with Crippen LogP contribution < -0.4 is 19.9 Å². The van der Waals surface area contributed by atoms with Crippen LogP contribution in [0.2, 0.25) is 0 Å². The van der Waals surface area contributed by atoms with Crippen LogP contribution in [0.25, 0.3) is 92.7 Å². The van der Waals surface area contributed by atoms with E-state index in [-0.39, 0.29) is 39.0 Å². The summed E-state index contributed by atoms with van der Waals surface area (Å²) in [5.74, 6) is 7.28. The van der Waals surface area contributed by atoms with Crippen molar-refractivity contribution in [2.45, 2.75) is 103 Å². The fraction of sp³-hybridized carbons (Fsp3) is 0.323. The molecule has 4 aliphatic rings. The third-order valence-corrected chi connectivity index (χ3v) is 14.2. The Hall–Kier alpha value is -6.15. The standard InChI is InChI=1S/C62H62N8O4.2Zn/c1-59(2,71-9)33-43-51-19-13-37(63-51)31-38-14-20-52(64-38)44(34-60(3,4)72-10)56-28-24-48(68-56)41(47-23-27-55(43)67-47)17-18-42-49-25-29-57(69-49)45(35-61(5,6)73-11)53-21-15-39(65-53)32-40-16-22-54(66-40)46(36-62(7,8)74-12)58-30-26-50(42)70-58;;/h13-16,19-32H,33-36H2,1-12H3;;/q-4;2*+2. The summed E-state index contributed by atoms with van der Waals surface area (Å²) in [7, 11) is 6.93. The van der Waals surface area contributed by atoms with Gasteiger partial charge < -0.3 is 38.9 Å². The Morgan fingerprint density at radius 1 is 0.355 bits per heavy atom. The summed E-state index contributed by atoms with van der Waals surface area (Å²) in [5.41, 5.74) is 15.2. The van der Waals surface area contributed by atoms with Crippen molar-refractivity contribution in [1.29, 1.82) is 0 Å². The number of rotatable bonds is 12. The molecule has 14 heteroatoms. The minimum Gasteiger partial charge on any atom is -0.657 e. The van der Waals surface area contributed by atoms with Gasteiger partial charge in [-0.1, -0.05) is 72.5 Å². The Labute approximate surface area is 470 Å². The average molecular weight is 1110 g/mol. The van der Waals surface area contributed by atoms with Crippen molar-refractivity contribution >= 4 is 92.7 Å². The molecule has 0 atom stereocenters. The molecule has 0 aliphatic carbocycles. The predicted octanol–water partition coefficient (Wildman–Crippen LogP) is 11.4. The molecule has 0 spiro atoms. The molecule has 10 heterocycles. The van der Waals surface area contributed by atoms with Gasteiger partial charge >= 0.3 is 39.0 Å². The third-order valence-electron chi connectivity index (χ3n) is 14.2. The fourth-order valence-corrected chi connectivity index (χ4v) is 9.37. The first-order valence-corrected chi connectivity index (χ1v) is 25.0. The first-order valence-electron chi connectivity index (χ1n) is 25.0. The van der Waals surface area contributed by atoms with Crippen molar-refractivity contribution in [3.05, 3.63) is 140 Å². The molecule has 0 radical (unpaired) electrons. The maximum atomic E-state index is 6.00. The van der Waals surface area contributed by atoms with Gasteiger partial charge in [-0.3, -0.25) is 0 Å². The number of ether oxygens (including phenoxy) is 4. The van der Waals surface area contributed by atoms with Gasteiger partial charge in [-0.2, -0.15) is 0 Å². The van der Waals surface area contributed by atoms with Crippen LogP contribution in [-0.2, 0) is 83.6 Å². The number of fused-ring (bicyclic) bond motifs is 16. The molecule has 16 bridgehead atoms. The molecule has 6 aromatic rings. The Morgan fingerprint density at radius 3 is 0.974 bits per heavy atom. The summed E-state index contributed by atoms with van der Waals surface area (Å²) in [6.45, 7) is 16.6. The topological polar surface area (TPSA) is 145 Å². The van der Waals surface area contributed by atoms with Gasteiger partial charge in [0.05, 0.1) is 68.0 Å². The molecule has 0 amide bonds. The zero-order chi connectivity index (χ0) is 52.2. The van der Waals surface area contributed by atoms with Gasteiger partial charge in [0.2, 0.25) is 0 Å². The van der Waals surface area contributed by atoms with E-state index in [4.69, 9.17) is 58.8 Å². The molecule has 378 valence electrons.